The number of rotatable bonds is 2. The van der Waals surface area contributed by atoms with Crippen LogP contribution in [-0.2, 0) is 9.31 Å². The Kier molecular flexibility index (Phi) is 1.16. The fraction of sp³-hybridized carbons (Fsp3) is 0.750. The van der Waals surface area contributed by atoms with Crippen LogP contribution < -0.4 is 5.59 Å². The summed E-state index contributed by atoms with van der Waals surface area (Å²) in [6, 6.07) is -2.41. The van der Waals surface area contributed by atoms with E-state index in [0.29, 0.717) is 4.57 Å². The van der Waals surface area contributed by atoms with Gasteiger partial charge < -0.3 is 13.9 Å². The highest BCUT2D eigenvalue weighted by atomic mass is 16.7. The average Bonchev–Trinajstić information content (AvgIpc) is 2.69. The van der Waals surface area contributed by atoms with Gasteiger partial charge in [0.15, 0.2) is 0 Å². The molecule has 1 saturated heterocycles. The Morgan fingerprint density at radius 1 is 1.47 bits per heavy atom. The van der Waals surface area contributed by atoms with Crippen molar-refractivity contribution in [1.82, 2.24) is 9.55 Å². The van der Waals surface area contributed by atoms with Crippen LogP contribution in [0.25, 0.3) is 0 Å². The minimum Gasteiger partial charge on any atom is -0.398 e. The molecule has 1 aliphatic heterocycles. The van der Waals surface area contributed by atoms with E-state index in [1.807, 2.05) is 27.7 Å². The minimum atomic E-state index is -2.53. The van der Waals surface area contributed by atoms with Crippen molar-refractivity contribution in [2.24, 2.45) is 0 Å². The molecule has 1 aromatic rings. The topological polar surface area (TPSA) is 36.3 Å². The van der Waals surface area contributed by atoms with Gasteiger partial charge in [-0.3, -0.25) is 0 Å². The average molecular weight is 241 g/mol. The first-order chi connectivity index (χ1) is 10.6. The highest BCUT2D eigenvalue weighted by Crippen LogP contribution is 2.37. The van der Waals surface area contributed by atoms with Gasteiger partial charge in [-0.05, 0) is 40.4 Å². The number of aromatic nitrogens is 2. The van der Waals surface area contributed by atoms with Gasteiger partial charge in [-0.2, -0.15) is 0 Å². The zero-order valence-corrected chi connectivity index (χ0v) is 10.3. The summed E-state index contributed by atoms with van der Waals surface area (Å²) in [4.78, 5) is 3.90. The van der Waals surface area contributed by atoms with Crippen LogP contribution >= 0.6 is 0 Å². The summed E-state index contributed by atoms with van der Waals surface area (Å²) in [7, 11) is -1.04. The third-order valence-corrected chi connectivity index (χ3v) is 3.43. The molecule has 0 amide bonds. The molecule has 2 heterocycles. The molecule has 17 heavy (non-hydrogen) atoms. The maximum atomic E-state index is 8.21. The van der Waals surface area contributed by atoms with E-state index in [1.54, 1.807) is 0 Å². The summed E-state index contributed by atoms with van der Waals surface area (Å²) in [5, 5.41) is 0. The Labute approximate surface area is 112 Å². The van der Waals surface area contributed by atoms with Crippen molar-refractivity contribution in [2.75, 3.05) is 0 Å². The second-order valence-corrected chi connectivity index (χ2v) is 5.23. The number of hydrogen-bond donors (Lipinski definition) is 0. The molecule has 0 aromatic carbocycles. The van der Waals surface area contributed by atoms with Gasteiger partial charge in [0.2, 0.25) is 0 Å². The smallest absolute Gasteiger partial charge is 0.398 e. The van der Waals surface area contributed by atoms with Gasteiger partial charge in [-0.25, -0.2) is 4.98 Å². The number of hydrogen-bond acceptors (Lipinski definition) is 3. The first-order valence-corrected chi connectivity index (χ1v) is 5.54. The van der Waals surface area contributed by atoms with E-state index in [0.717, 1.165) is 0 Å². The van der Waals surface area contributed by atoms with E-state index in [2.05, 4.69) is 4.98 Å². The molecule has 1 aromatic heterocycles. The van der Waals surface area contributed by atoms with Crippen molar-refractivity contribution in [3.63, 3.8) is 0 Å². The Balaban J connectivity index is 2.05. The molecule has 5 heteroatoms. The summed E-state index contributed by atoms with van der Waals surface area (Å²) in [6.07, 6.45) is -6.07. The largest absolute Gasteiger partial charge is 0.516 e. The van der Waals surface area contributed by atoms with Crippen molar-refractivity contribution in [2.45, 2.75) is 57.7 Å². The van der Waals surface area contributed by atoms with Crippen LogP contribution in [0.3, 0.4) is 0 Å². The van der Waals surface area contributed by atoms with Crippen LogP contribution in [0.4, 0.5) is 0 Å². The number of nitrogens with zero attached hydrogens (tertiary/aromatic N) is 2. The van der Waals surface area contributed by atoms with E-state index in [-0.39, 0.29) is 5.59 Å². The van der Waals surface area contributed by atoms with Crippen molar-refractivity contribution >= 4 is 12.7 Å². The highest BCUT2D eigenvalue weighted by molar-refractivity contribution is 6.61. The predicted molar refractivity (Wildman–Crippen MR) is 66.2 cm³/mol. The lowest BCUT2D eigenvalue weighted by molar-refractivity contribution is 0.00578. The second-order valence-electron chi connectivity index (χ2n) is 5.23. The fourth-order valence-electron chi connectivity index (χ4n) is 1.57. The predicted octanol–water partition coefficient (Wildman–Crippen LogP) is 1.52. The molecule has 0 unspecified atom stereocenters. The Morgan fingerprint density at radius 3 is 2.59 bits per heavy atom. The lowest BCUT2D eigenvalue weighted by atomic mass is 9.86. The lowest BCUT2D eigenvalue weighted by Crippen LogP contribution is -2.41. The van der Waals surface area contributed by atoms with Crippen molar-refractivity contribution < 1.29 is 18.9 Å². The summed E-state index contributed by atoms with van der Waals surface area (Å²) in [5.74, 6) is 0. The van der Waals surface area contributed by atoms with Crippen molar-refractivity contribution in [1.29, 1.82) is 0 Å². The first kappa shape index (κ1) is 5.89. The van der Waals surface area contributed by atoms with Crippen molar-refractivity contribution in [3.05, 3.63) is 12.5 Å². The van der Waals surface area contributed by atoms with E-state index >= 15 is 0 Å². The van der Waals surface area contributed by atoms with Crippen molar-refractivity contribution in [3.8, 4) is 0 Å². The third-order valence-electron chi connectivity index (χ3n) is 3.43. The normalized spacial score (nSPS) is 40.2. The molecule has 2 fully saturated rings. The molecular formula is C12H19BN2O2. The zero-order chi connectivity index (χ0) is 18.5. The van der Waals surface area contributed by atoms with Gasteiger partial charge in [0, 0.05) is 17.7 Å². The molecular weight excluding hydrogens is 215 g/mol. The van der Waals surface area contributed by atoms with Gasteiger partial charge in [-0.1, -0.05) is 0 Å². The van der Waals surface area contributed by atoms with E-state index in [9.17, 15) is 0 Å². The molecule has 0 atom stereocenters. The first-order valence-electron chi connectivity index (χ1n) is 9.04. The van der Waals surface area contributed by atoms with Gasteiger partial charge in [0.05, 0.1) is 25.8 Å². The molecule has 2 aliphatic rings. The highest BCUT2D eigenvalue weighted by Gasteiger charge is 2.52. The number of imidazole rings is 1. The van der Waals surface area contributed by atoms with Crippen LogP contribution in [0.2, 0.25) is 0 Å². The standard InChI is InChI=1S/C12H19BN2O2/c1-11(2)12(3,4)17-13(16-11)10-7-15(8-14-10)9-5-6-9/h7-9H,5-6H2,1-4H3/i5D2,6D2,7D,8D,9D. The van der Waals surface area contributed by atoms with Gasteiger partial charge in [0.25, 0.3) is 0 Å². The Hall–Kier alpha value is -0.805. The van der Waals surface area contributed by atoms with E-state index in [4.69, 9.17) is 18.9 Å². The minimum absolute atomic E-state index is 0.0521. The summed E-state index contributed by atoms with van der Waals surface area (Å²) >= 11 is 0. The van der Waals surface area contributed by atoms with Crippen LogP contribution in [-0.4, -0.2) is 27.9 Å². The summed E-state index contributed by atoms with van der Waals surface area (Å²) < 4.78 is 67.3. The Bertz CT molecular complexity index is 689. The SMILES string of the molecule is [2H]c1nc(B2OC(C)(C)C(C)(C)O2)c([2H])n1C1([2H])C([2H])([2H])C1([2H])[2H]. The molecule has 4 nitrogen and oxygen atoms in total. The maximum absolute atomic E-state index is 8.21. The molecule has 3 rings (SSSR count). The quantitative estimate of drug-likeness (QED) is 0.736. The molecule has 0 N–H and O–H groups in total. The molecule has 1 saturated carbocycles. The fourth-order valence-corrected chi connectivity index (χ4v) is 1.57. The molecule has 0 spiro atoms. The van der Waals surface area contributed by atoms with Crippen LogP contribution in [0.1, 0.15) is 56.1 Å². The van der Waals surface area contributed by atoms with E-state index < -0.39 is 49.6 Å². The lowest BCUT2D eigenvalue weighted by Gasteiger charge is -2.32. The zero-order valence-electron chi connectivity index (χ0n) is 17.3. The van der Waals surface area contributed by atoms with Crippen LogP contribution in [0.15, 0.2) is 12.5 Å². The second kappa shape index (κ2) is 3.36. The van der Waals surface area contributed by atoms with Gasteiger partial charge in [-0.15, -0.1) is 0 Å². The monoisotopic (exact) mass is 241 g/mol. The van der Waals surface area contributed by atoms with Crippen LogP contribution in [0, 0.1) is 0 Å². The maximum Gasteiger partial charge on any atom is 0.516 e. The summed E-state index contributed by atoms with van der Waals surface area (Å²) in [5.41, 5.74) is -1.42. The molecule has 0 bridgehead atoms. The van der Waals surface area contributed by atoms with Gasteiger partial charge >= 0.3 is 7.12 Å². The summed E-state index contributed by atoms with van der Waals surface area (Å²) in [6.45, 7) is 7.28. The molecule has 0 radical (unpaired) electrons. The Morgan fingerprint density at radius 2 is 2.06 bits per heavy atom. The third kappa shape index (κ3) is 1.81. The molecule has 1 aliphatic carbocycles. The molecule has 92 valence electrons. The van der Waals surface area contributed by atoms with Gasteiger partial charge in [0.1, 0.15) is 1.37 Å². The van der Waals surface area contributed by atoms with Crippen LogP contribution in [0.5, 0.6) is 0 Å². The van der Waals surface area contributed by atoms with E-state index in [1.165, 1.54) is 0 Å².